The molecule has 0 fully saturated rings. The van der Waals surface area contributed by atoms with E-state index in [-0.39, 0.29) is 23.9 Å². The highest BCUT2D eigenvalue weighted by molar-refractivity contribution is 6.06. The first-order valence-electron chi connectivity index (χ1n) is 7.27. The number of nitrogens with zero attached hydrogens (tertiary/aromatic N) is 2. The summed E-state index contributed by atoms with van der Waals surface area (Å²) in [5.41, 5.74) is 7.59. The molecule has 0 bridgehead atoms. The van der Waals surface area contributed by atoms with Crippen LogP contribution in [0.15, 0.2) is 72.0 Å². The quantitative estimate of drug-likeness (QED) is 0.945. The van der Waals surface area contributed by atoms with E-state index in [4.69, 9.17) is 5.73 Å². The van der Waals surface area contributed by atoms with Gasteiger partial charge in [0.2, 0.25) is 0 Å². The van der Waals surface area contributed by atoms with Crippen LogP contribution in [0.2, 0.25) is 0 Å². The summed E-state index contributed by atoms with van der Waals surface area (Å²) >= 11 is 0. The Balaban J connectivity index is 1.71. The minimum Gasteiger partial charge on any atom is -0.385 e. The van der Waals surface area contributed by atoms with Crippen molar-refractivity contribution in [2.24, 2.45) is 16.8 Å². The molecule has 0 aromatic heterocycles. The molecule has 0 aliphatic carbocycles. The molecule has 0 radical (unpaired) electrons. The minimum absolute atomic E-state index is 0.0678. The fourth-order valence-electron chi connectivity index (χ4n) is 2.40. The Hall–Kier alpha value is -2.95. The van der Waals surface area contributed by atoms with Crippen molar-refractivity contribution in [1.82, 2.24) is 0 Å². The van der Waals surface area contributed by atoms with E-state index in [9.17, 15) is 9.18 Å². The second kappa shape index (κ2) is 6.44. The Kier molecular flexibility index (Phi) is 4.19. The average Bonchev–Trinajstić information content (AvgIpc) is 2.57. The number of Topliss-reactive ketones (excluding diaryl/α,β-unsaturated/α-hetero) is 1. The number of carbonyl (C=O) groups excluding carboxylic acids is 1. The number of ketones is 1. The molecule has 3 rings (SSSR count). The summed E-state index contributed by atoms with van der Waals surface area (Å²) in [5.74, 6) is -0.691. The molecule has 1 aliphatic heterocycles. The summed E-state index contributed by atoms with van der Waals surface area (Å²) in [6, 6.07) is 15.4. The minimum atomic E-state index is -0.556. The monoisotopic (exact) mass is 309 g/mol. The van der Waals surface area contributed by atoms with E-state index in [1.165, 1.54) is 12.1 Å². The van der Waals surface area contributed by atoms with Crippen LogP contribution in [0.25, 0.3) is 0 Å². The molecule has 2 N–H and O–H groups in total. The third-order valence-corrected chi connectivity index (χ3v) is 3.62. The lowest BCUT2D eigenvalue weighted by molar-refractivity contribution is -0.119. The molecule has 0 saturated carbocycles. The standard InChI is InChI=1S/C18H16FN3O/c19-14-8-6-13(7-9-14)12-17(23)16-10-11-22(21-18(16)20)15-4-2-1-3-5-15/h1-11,16H,12H2,(H2,20,21). The van der Waals surface area contributed by atoms with Gasteiger partial charge in [-0.2, -0.15) is 5.10 Å². The average molecular weight is 309 g/mol. The summed E-state index contributed by atoms with van der Waals surface area (Å²) in [5, 5.41) is 5.91. The lowest BCUT2D eigenvalue weighted by atomic mass is 9.96. The van der Waals surface area contributed by atoms with E-state index >= 15 is 0 Å². The lowest BCUT2D eigenvalue weighted by Gasteiger charge is -2.23. The van der Waals surface area contributed by atoms with Gasteiger partial charge in [0.25, 0.3) is 0 Å². The largest absolute Gasteiger partial charge is 0.385 e. The van der Waals surface area contributed by atoms with Gasteiger partial charge < -0.3 is 5.73 Å². The van der Waals surface area contributed by atoms with Gasteiger partial charge in [-0.3, -0.25) is 4.79 Å². The number of hydrogen-bond donors (Lipinski definition) is 1. The van der Waals surface area contributed by atoms with E-state index in [2.05, 4.69) is 5.10 Å². The molecule has 1 atom stereocenters. The van der Waals surface area contributed by atoms with Crippen LogP contribution in [0.1, 0.15) is 5.56 Å². The van der Waals surface area contributed by atoms with Crippen molar-refractivity contribution in [3.8, 4) is 0 Å². The van der Waals surface area contributed by atoms with Crippen molar-refractivity contribution in [3.05, 3.63) is 78.3 Å². The molecule has 1 heterocycles. The van der Waals surface area contributed by atoms with Crippen LogP contribution in [0.4, 0.5) is 10.1 Å². The van der Waals surface area contributed by atoms with Crippen molar-refractivity contribution in [1.29, 1.82) is 0 Å². The molecule has 2 aromatic carbocycles. The van der Waals surface area contributed by atoms with E-state index < -0.39 is 5.92 Å². The molecule has 23 heavy (non-hydrogen) atoms. The summed E-state index contributed by atoms with van der Waals surface area (Å²) in [7, 11) is 0. The van der Waals surface area contributed by atoms with Gasteiger partial charge >= 0.3 is 0 Å². The van der Waals surface area contributed by atoms with Crippen molar-refractivity contribution >= 4 is 17.3 Å². The Bertz CT molecular complexity index is 754. The highest BCUT2D eigenvalue weighted by Gasteiger charge is 2.24. The van der Waals surface area contributed by atoms with Gasteiger partial charge in [-0.1, -0.05) is 30.3 Å². The fourth-order valence-corrected chi connectivity index (χ4v) is 2.40. The van der Waals surface area contributed by atoms with Crippen LogP contribution < -0.4 is 10.7 Å². The van der Waals surface area contributed by atoms with Gasteiger partial charge in [0.05, 0.1) is 11.6 Å². The highest BCUT2D eigenvalue weighted by atomic mass is 19.1. The summed E-state index contributed by atoms with van der Waals surface area (Å²) < 4.78 is 12.9. The zero-order valence-electron chi connectivity index (χ0n) is 12.4. The van der Waals surface area contributed by atoms with Crippen LogP contribution in [0.3, 0.4) is 0 Å². The maximum absolute atomic E-state index is 12.9. The fraction of sp³-hybridized carbons (Fsp3) is 0.111. The molecular weight excluding hydrogens is 293 g/mol. The molecule has 1 aliphatic rings. The van der Waals surface area contributed by atoms with Gasteiger partial charge in [-0.25, -0.2) is 9.40 Å². The van der Waals surface area contributed by atoms with E-state index in [1.807, 2.05) is 30.3 Å². The van der Waals surface area contributed by atoms with Crippen LogP contribution >= 0.6 is 0 Å². The van der Waals surface area contributed by atoms with Crippen LogP contribution in [0, 0.1) is 11.7 Å². The van der Waals surface area contributed by atoms with Gasteiger partial charge in [0.1, 0.15) is 11.7 Å². The summed E-state index contributed by atoms with van der Waals surface area (Å²) in [6.45, 7) is 0. The predicted octanol–water partition coefficient (Wildman–Crippen LogP) is 2.86. The maximum Gasteiger partial charge on any atom is 0.151 e. The molecule has 0 spiro atoms. The molecule has 116 valence electrons. The molecule has 1 unspecified atom stereocenters. The second-order valence-corrected chi connectivity index (χ2v) is 5.29. The topological polar surface area (TPSA) is 58.7 Å². The van der Waals surface area contributed by atoms with Crippen molar-refractivity contribution in [2.75, 3.05) is 5.01 Å². The molecule has 2 aromatic rings. The molecule has 5 heteroatoms. The number of para-hydroxylation sites is 1. The van der Waals surface area contributed by atoms with E-state index in [1.54, 1.807) is 29.4 Å². The maximum atomic E-state index is 12.9. The smallest absolute Gasteiger partial charge is 0.151 e. The van der Waals surface area contributed by atoms with Gasteiger partial charge in [0.15, 0.2) is 5.78 Å². The van der Waals surface area contributed by atoms with Crippen molar-refractivity contribution in [3.63, 3.8) is 0 Å². The van der Waals surface area contributed by atoms with Gasteiger partial charge in [0, 0.05) is 12.6 Å². The first-order valence-corrected chi connectivity index (χ1v) is 7.27. The summed E-state index contributed by atoms with van der Waals surface area (Å²) in [4.78, 5) is 12.4. The van der Waals surface area contributed by atoms with Crippen LogP contribution in [-0.4, -0.2) is 11.6 Å². The first-order chi connectivity index (χ1) is 11.1. The Morgan fingerprint density at radius 1 is 1.13 bits per heavy atom. The molecule has 0 amide bonds. The predicted molar refractivity (Wildman–Crippen MR) is 88.3 cm³/mol. The Morgan fingerprint density at radius 2 is 1.83 bits per heavy atom. The highest BCUT2D eigenvalue weighted by Crippen LogP contribution is 2.20. The summed E-state index contributed by atoms with van der Waals surface area (Å²) in [6.07, 6.45) is 3.66. The van der Waals surface area contributed by atoms with Gasteiger partial charge in [-0.05, 0) is 35.9 Å². The van der Waals surface area contributed by atoms with Crippen molar-refractivity contribution < 1.29 is 9.18 Å². The van der Waals surface area contributed by atoms with E-state index in [0.29, 0.717) is 0 Å². The lowest BCUT2D eigenvalue weighted by Crippen LogP contribution is -2.35. The second-order valence-electron chi connectivity index (χ2n) is 5.29. The number of rotatable bonds is 4. The number of nitrogens with two attached hydrogens (primary N) is 1. The zero-order chi connectivity index (χ0) is 16.2. The number of hydrogen-bond acceptors (Lipinski definition) is 4. The number of hydrazone groups is 1. The normalized spacial score (nSPS) is 17.0. The zero-order valence-corrected chi connectivity index (χ0v) is 12.4. The molecular formula is C18H16FN3O. The number of amidine groups is 1. The Labute approximate surface area is 133 Å². The third-order valence-electron chi connectivity index (χ3n) is 3.62. The number of anilines is 1. The van der Waals surface area contributed by atoms with E-state index in [0.717, 1.165) is 11.3 Å². The SMILES string of the molecule is NC1=NN(c2ccccc2)C=CC1C(=O)Cc1ccc(F)cc1. The van der Waals surface area contributed by atoms with Crippen molar-refractivity contribution in [2.45, 2.75) is 6.42 Å². The molecule has 0 saturated heterocycles. The van der Waals surface area contributed by atoms with Gasteiger partial charge in [-0.15, -0.1) is 0 Å². The van der Waals surface area contributed by atoms with Crippen LogP contribution in [0.5, 0.6) is 0 Å². The number of benzene rings is 2. The third kappa shape index (κ3) is 3.45. The number of carbonyl (C=O) groups is 1. The first kappa shape index (κ1) is 15.0. The Morgan fingerprint density at radius 3 is 2.48 bits per heavy atom. The number of halogens is 1. The van der Waals surface area contributed by atoms with Crippen LogP contribution in [-0.2, 0) is 11.2 Å². The molecule has 4 nitrogen and oxygen atoms in total.